The van der Waals surface area contributed by atoms with Gasteiger partial charge in [0, 0.05) is 11.4 Å². The van der Waals surface area contributed by atoms with Crippen LogP contribution in [0.1, 0.15) is 25.1 Å². The minimum atomic E-state index is 0.0496. The van der Waals surface area contributed by atoms with Gasteiger partial charge >= 0.3 is 0 Å². The van der Waals surface area contributed by atoms with Gasteiger partial charge in [-0.1, -0.05) is 6.92 Å². The zero-order valence-electron chi connectivity index (χ0n) is 5.87. The lowest BCUT2D eigenvalue weighted by atomic mass is 10.2. The molecule has 0 aliphatic rings. The highest BCUT2D eigenvalue weighted by Crippen LogP contribution is 2.17. The third-order valence-electron chi connectivity index (χ3n) is 1.36. The summed E-state index contributed by atoms with van der Waals surface area (Å²) in [4.78, 5) is 4.05. The van der Waals surface area contributed by atoms with Crippen LogP contribution in [-0.4, -0.2) is 4.98 Å². The van der Waals surface area contributed by atoms with E-state index in [1.54, 1.807) is 0 Å². The van der Waals surface area contributed by atoms with Gasteiger partial charge in [0.25, 0.3) is 0 Å². The van der Waals surface area contributed by atoms with E-state index in [2.05, 4.69) is 4.98 Å². The fraction of sp³-hybridized carbons (Fsp3) is 0.500. The van der Waals surface area contributed by atoms with E-state index in [0.717, 1.165) is 12.1 Å². The quantitative estimate of drug-likeness (QED) is 0.676. The average Bonchev–Trinajstić information content (AvgIpc) is 2.34. The highest BCUT2D eigenvalue weighted by Gasteiger charge is 2.05. The van der Waals surface area contributed by atoms with E-state index in [-0.39, 0.29) is 6.04 Å². The first-order valence-corrected chi connectivity index (χ1v) is 4.08. The van der Waals surface area contributed by atoms with Crippen LogP contribution in [-0.2, 0) is 0 Å². The number of nitrogen functional groups attached to an aromatic ring is 1. The predicted molar refractivity (Wildman–Crippen MR) is 43.7 cm³/mol. The van der Waals surface area contributed by atoms with Crippen LogP contribution in [0.15, 0.2) is 5.38 Å². The lowest BCUT2D eigenvalue weighted by molar-refractivity contribution is 0.681. The Kier molecular flexibility index (Phi) is 2.24. The molecule has 0 aromatic carbocycles. The fourth-order valence-corrected chi connectivity index (χ4v) is 1.31. The monoisotopic (exact) mass is 157 g/mol. The van der Waals surface area contributed by atoms with Gasteiger partial charge in [0.1, 0.15) is 0 Å². The summed E-state index contributed by atoms with van der Waals surface area (Å²) in [5.41, 5.74) is 12.0. The highest BCUT2D eigenvalue weighted by molar-refractivity contribution is 7.13. The van der Waals surface area contributed by atoms with Gasteiger partial charge in [-0.25, -0.2) is 4.98 Å². The molecule has 1 heterocycles. The van der Waals surface area contributed by atoms with Gasteiger partial charge in [0.2, 0.25) is 0 Å². The molecule has 1 aromatic heterocycles. The van der Waals surface area contributed by atoms with E-state index in [4.69, 9.17) is 11.5 Å². The van der Waals surface area contributed by atoms with Crippen molar-refractivity contribution in [3.63, 3.8) is 0 Å². The van der Waals surface area contributed by atoms with Gasteiger partial charge in [0.05, 0.1) is 5.69 Å². The normalized spacial score (nSPS) is 13.4. The number of nitrogens with zero attached hydrogens (tertiary/aromatic N) is 1. The SMILES string of the molecule is CCC(N)c1csc(N)n1. The van der Waals surface area contributed by atoms with E-state index >= 15 is 0 Å². The molecule has 0 aliphatic heterocycles. The number of nitrogens with two attached hydrogens (primary N) is 2. The first-order valence-electron chi connectivity index (χ1n) is 3.20. The van der Waals surface area contributed by atoms with Gasteiger partial charge in [-0.2, -0.15) is 0 Å². The zero-order valence-corrected chi connectivity index (χ0v) is 6.69. The molecule has 1 rings (SSSR count). The minimum absolute atomic E-state index is 0.0496. The molecular weight excluding hydrogens is 146 g/mol. The molecule has 1 aromatic rings. The molecule has 1 unspecified atom stereocenters. The molecule has 4 heteroatoms. The van der Waals surface area contributed by atoms with Gasteiger partial charge in [0.15, 0.2) is 5.13 Å². The number of hydrogen-bond acceptors (Lipinski definition) is 4. The van der Waals surface area contributed by atoms with Crippen molar-refractivity contribution in [2.45, 2.75) is 19.4 Å². The molecule has 4 N–H and O–H groups in total. The van der Waals surface area contributed by atoms with Crippen LogP contribution in [0.2, 0.25) is 0 Å². The number of aromatic nitrogens is 1. The summed E-state index contributed by atoms with van der Waals surface area (Å²) in [5.74, 6) is 0. The maximum Gasteiger partial charge on any atom is 0.180 e. The molecule has 3 nitrogen and oxygen atoms in total. The Labute approximate surface area is 64.1 Å². The van der Waals surface area contributed by atoms with Crippen molar-refractivity contribution in [1.29, 1.82) is 0 Å². The molecule has 0 saturated heterocycles. The van der Waals surface area contributed by atoms with Crippen LogP contribution in [0, 0.1) is 0 Å². The number of thiazole rings is 1. The van der Waals surface area contributed by atoms with E-state index in [9.17, 15) is 0 Å². The molecule has 0 saturated carbocycles. The summed E-state index contributed by atoms with van der Waals surface area (Å²) in [7, 11) is 0. The van der Waals surface area contributed by atoms with Crippen molar-refractivity contribution in [1.82, 2.24) is 4.98 Å². The van der Waals surface area contributed by atoms with Crippen LogP contribution >= 0.6 is 11.3 Å². The third kappa shape index (κ3) is 1.46. The Hall–Kier alpha value is -0.610. The Balaban J connectivity index is 2.74. The number of anilines is 1. The second kappa shape index (κ2) is 2.98. The van der Waals surface area contributed by atoms with E-state index < -0.39 is 0 Å². The molecule has 0 bridgehead atoms. The van der Waals surface area contributed by atoms with Crippen LogP contribution in [0.5, 0.6) is 0 Å². The second-order valence-electron chi connectivity index (χ2n) is 2.13. The van der Waals surface area contributed by atoms with Crippen LogP contribution < -0.4 is 11.5 Å². The summed E-state index contributed by atoms with van der Waals surface area (Å²) < 4.78 is 0. The van der Waals surface area contributed by atoms with E-state index in [1.165, 1.54) is 11.3 Å². The molecule has 0 spiro atoms. The predicted octanol–water partition coefficient (Wildman–Crippen LogP) is 1.14. The van der Waals surface area contributed by atoms with Gasteiger partial charge < -0.3 is 11.5 Å². The minimum Gasteiger partial charge on any atom is -0.375 e. The van der Waals surface area contributed by atoms with Crippen LogP contribution in [0.4, 0.5) is 5.13 Å². The van der Waals surface area contributed by atoms with Crippen molar-refractivity contribution in [3.8, 4) is 0 Å². The van der Waals surface area contributed by atoms with Gasteiger partial charge in [-0.3, -0.25) is 0 Å². The molecular formula is C6H11N3S. The van der Waals surface area contributed by atoms with Crippen molar-refractivity contribution in [2.75, 3.05) is 5.73 Å². The first kappa shape index (κ1) is 7.50. The molecule has 10 heavy (non-hydrogen) atoms. The largest absolute Gasteiger partial charge is 0.375 e. The fourth-order valence-electron chi connectivity index (χ4n) is 0.680. The molecule has 1 atom stereocenters. The van der Waals surface area contributed by atoms with Crippen molar-refractivity contribution >= 4 is 16.5 Å². The average molecular weight is 157 g/mol. The summed E-state index contributed by atoms with van der Waals surface area (Å²) in [6, 6.07) is 0.0496. The Bertz CT molecular complexity index is 209. The smallest absolute Gasteiger partial charge is 0.180 e. The van der Waals surface area contributed by atoms with Gasteiger partial charge in [-0.15, -0.1) is 11.3 Å². The van der Waals surface area contributed by atoms with Crippen LogP contribution in [0.25, 0.3) is 0 Å². The Morgan fingerprint density at radius 3 is 2.90 bits per heavy atom. The summed E-state index contributed by atoms with van der Waals surface area (Å²) in [6.07, 6.45) is 0.906. The van der Waals surface area contributed by atoms with Gasteiger partial charge in [-0.05, 0) is 6.42 Å². The Morgan fingerprint density at radius 2 is 2.50 bits per heavy atom. The molecule has 56 valence electrons. The summed E-state index contributed by atoms with van der Waals surface area (Å²) in [5, 5.41) is 2.50. The first-order chi connectivity index (χ1) is 4.74. The van der Waals surface area contributed by atoms with E-state index in [0.29, 0.717) is 5.13 Å². The van der Waals surface area contributed by atoms with Crippen molar-refractivity contribution in [3.05, 3.63) is 11.1 Å². The summed E-state index contributed by atoms with van der Waals surface area (Å²) >= 11 is 1.43. The van der Waals surface area contributed by atoms with Crippen molar-refractivity contribution < 1.29 is 0 Å². The molecule has 0 radical (unpaired) electrons. The molecule has 0 fully saturated rings. The lowest BCUT2D eigenvalue weighted by Crippen LogP contribution is -2.08. The highest BCUT2D eigenvalue weighted by atomic mass is 32.1. The van der Waals surface area contributed by atoms with Crippen molar-refractivity contribution in [2.24, 2.45) is 5.73 Å². The number of hydrogen-bond donors (Lipinski definition) is 2. The van der Waals surface area contributed by atoms with E-state index in [1.807, 2.05) is 12.3 Å². The standard InChI is InChI=1S/C6H11N3S/c1-2-4(7)5-3-10-6(8)9-5/h3-4H,2,7H2,1H3,(H2,8,9). The Morgan fingerprint density at radius 1 is 1.80 bits per heavy atom. The maximum absolute atomic E-state index is 5.70. The number of rotatable bonds is 2. The zero-order chi connectivity index (χ0) is 7.56. The van der Waals surface area contributed by atoms with Crippen LogP contribution in [0.3, 0.4) is 0 Å². The third-order valence-corrected chi connectivity index (χ3v) is 2.05. The summed E-state index contributed by atoms with van der Waals surface area (Å²) in [6.45, 7) is 2.03. The lowest BCUT2D eigenvalue weighted by Gasteiger charge is -2.01. The topological polar surface area (TPSA) is 64.9 Å². The molecule has 0 amide bonds. The maximum atomic E-state index is 5.70. The second-order valence-corrected chi connectivity index (χ2v) is 3.02. The molecule has 0 aliphatic carbocycles.